The predicted molar refractivity (Wildman–Crippen MR) is 109 cm³/mol. The summed E-state index contributed by atoms with van der Waals surface area (Å²) in [4.78, 5) is 75.0. The Hall–Kier alpha value is -2.92. The highest BCUT2D eigenvalue weighted by molar-refractivity contribution is 6.05. The average Bonchev–Trinajstić information content (AvgIpc) is 3.38. The molecule has 4 aliphatic heterocycles. The van der Waals surface area contributed by atoms with Gasteiger partial charge in [-0.05, 0) is 24.8 Å². The molecule has 11 heteroatoms. The minimum absolute atomic E-state index is 0.0102. The summed E-state index contributed by atoms with van der Waals surface area (Å²) in [5.74, 6) is -5.98. The largest absolute Gasteiger partial charge is 0.468 e. The smallest absolute Gasteiger partial charge is 0.345 e. The van der Waals surface area contributed by atoms with Gasteiger partial charge in [0.05, 0.1) is 12.7 Å². The van der Waals surface area contributed by atoms with Crippen LogP contribution in [-0.4, -0.2) is 78.5 Å². The summed E-state index contributed by atoms with van der Waals surface area (Å²) in [6, 6.07) is 0. The summed E-state index contributed by atoms with van der Waals surface area (Å²) in [7, 11) is 1.09. The second kappa shape index (κ2) is 8.38. The molecule has 4 rings (SSSR count). The van der Waals surface area contributed by atoms with Crippen molar-refractivity contribution < 1.29 is 52.5 Å². The Labute approximate surface area is 195 Å². The molecule has 4 saturated heterocycles. The van der Waals surface area contributed by atoms with Gasteiger partial charge in [-0.3, -0.25) is 24.0 Å². The number of esters is 3. The minimum Gasteiger partial charge on any atom is -0.468 e. The molecule has 0 spiro atoms. The van der Waals surface area contributed by atoms with Crippen molar-refractivity contribution in [3.8, 4) is 0 Å². The quantitative estimate of drug-likeness (QED) is 0.134. The lowest BCUT2D eigenvalue weighted by Crippen LogP contribution is -2.43. The Bertz CT molecular complexity index is 985. The molecule has 4 fully saturated rings. The molecule has 4 bridgehead atoms. The topological polar surface area (TPSA) is 152 Å². The SMILES string of the molecule is C=C(C=O)[C@H]1CC(=O)[C@@H](C(=O)OC)[C@H]2O[C@](C)(CC2=O)C[C@@H]2OC(=O)[C@@]3(O[C@H]23)[C@H](OC(C)=O)C1. The zero-order valence-electron chi connectivity index (χ0n) is 19.1. The fraction of sp³-hybridized carbons (Fsp3) is 0.652. The number of aldehydes is 1. The van der Waals surface area contributed by atoms with Crippen molar-refractivity contribution in [1.82, 2.24) is 0 Å². The van der Waals surface area contributed by atoms with E-state index in [4.69, 9.17) is 23.7 Å². The molecule has 0 aromatic heterocycles. The summed E-state index contributed by atoms with van der Waals surface area (Å²) >= 11 is 0. The lowest BCUT2D eigenvalue weighted by atomic mass is 9.80. The zero-order chi connectivity index (χ0) is 25.0. The number of fused-ring (bicyclic) bond motifs is 2. The van der Waals surface area contributed by atoms with Gasteiger partial charge in [-0.15, -0.1) is 0 Å². The number of carbonyl (C=O) groups is 6. The van der Waals surface area contributed by atoms with Gasteiger partial charge in [-0.1, -0.05) is 6.58 Å². The van der Waals surface area contributed by atoms with Crippen LogP contribution in [0.4, 0.5) is 0 Å². The van der Waals surface area contributed by atoms with E-state index in [1.54, 1.807) is 6.92 Å². The van der Waals surface area contributed by atoms with E-state index in [0.29, 0.717) is 6.29 Å². The van der Waals surface area contributed by atoms with Crippen molar-refractivity contribution in [3.05, 3.63) is 12.2 Å². The predicted octanol–water partition coefficient (Wildman–Crippen LogP) is 0.0113. The van der Waals surface area contributed by atoms with Gasteiger partial charge < -0.3 is 23.7 Å². The standard InChI is InChI=1S/C23H26O11/c1-10(9-24)12-5-13(26)17(20(28)30-4)18-14(27)7-22(3,33-18)8-15-19-23(34-19,21(29)32-15)16(6-12)31-11(2)25/h9,12,15-19H,1,5-8H2,2-4H3/t12-,15-,16+,17+,18-,19+,22+,23+/m0/s1. The van der Waals surface area contributed by atoms with Gasteiger partial charge in [0.15, 0.2) is 11.6 Å². The van der Waals surface area contributed by atoms with E-state index < -0.39 is 83.3 Å². The molecule has 0 N–H and O–H groups in total. The number of epoxide rings is 1. The normalized spacial score (nSPS) is 41.2. The maximum atomic E-state index is 13.3. The molecule has 184 valence electrons. The fourth-order valence-electron chi connectivity index (χ4n) is 5.36. The number of ketones is 2. The van der Waals surface area contributed by atoms with Crippen molar-refractivity contribution in [3.63, 3.8) is 0 Å². The third-order valence-electron chi connectivity index (χ3n) is 7.03. The molecule has 0 amide bonds. The molecule has 4 heterocycles. The molecule has 0 aromatic carbocycles. The van der Waals surface area contributed by atoms with Crippen LogP contribution in [0.25, 0.3) is 0 Å². The number of hydrogen-bond donors (Lipinski definition) is 0. The minimum atomic E-state index is -1.59. The van der Waals surface area contributed by atoms with E-state index in [9.17, 15) is 28.8 Å². The molecule has 0 radical (unpaired) electrons. The summed E-state index contributed by atoms with van der Waals surface area (Å²) < 4.78 is 27.4. The average molecular weight is 478 g/mol. The lowest BCUT2D eigenvalue weighted by Gasteiger charge is -2.29. The Morgan fingerprint density at radius 3 is 2.47 bits per heavy atom. The summed E-state index contributed by atoms with van der Waals surface area (Å²) in [6.45, 7) is 6.47. The maximum absolute atomic E-state index is 13.3. The fourth-order valence-corrected chi connectivity index (χ4v) is 5.36. The first-order valence-electron chi connectivity index (χ1n) is 11.0. The Morgan fingerprint density at radius 1 is 1.18 bits per heavy atom. The first kappa shape index (κ1) is 24.2. The molecule has 4 aliphatic rings. The van der Waals surface area contributed by atoms with Gasteiger partial charge in [0.1, 0.15) is 36.6 Å². The van der Waals surface area contributed by atoms with E-state index in [-0.39, 0.29) is 24.8 Å². The van der Waals surface area contributed by atoms with Gasteiger partial charge in [-0.25, -0.2) is 4.79 Å². The lowest BCUT2D eigenvalue weighted by molar-refractivity contribution is -0.169. The number of ether oxygens (including phenoxy) is 5. The van der Waals surface area contributed by atoms with E-state index in [2.05, 4.69) is 6.58 Å². The number of allylic oxidation sites excluding steroid dienone is 1. The van der Waals surface area contributed by atoms with Crippen molar-refractivity contribution in [2.75, 3.05) is 7.11 Å². The molecule has 11 nitrogen and oxygen atoms in total. The summed E-state index contributed by atoms with van der Waals surface area (Å²) in [6.07, 6.45) is -4.30. The van der Waals surface area contributed by atoms with Crippen LogP contribution in [0.15, 0.2) is 12.2 Å². The number of Topliss-reactive ketones (excluding diaryl/α,β-unsaturated/α-hetero) is 2. The Morgan fingerprint density at radius 2 is 1.88 bits per heavy atom. The Balaban J connectivity index is 1.78. The van der Waals surface area contributed by atoms with Crippen molar-refractivity contribution in [2.45, 2.75) is 75.1 Å². The molecule has 0 saturated carbocycles. The summed E-state index contributed by atoms with van der Waals surface area (Å²) in [5, 5.41) is 0. The van der Waals surface area contributed by atoms with E-state index in [1.807, 2.05) is 0 Å². The molecular formula is C23H26O11. The summed E-state index contributed by atoms with van der Waals surface area (Å²) in [5.41, 5.74) is -2.74. The van der Waals surface area contributed by atoms with Gasteiger partial charge in [0.2, 0.25) is 5.60 Å². The van der Waals surface area contributed by atoms with E-state index in [0.717, 1.165) is 14.0 Å². The monoisotopic (exact) mass is 478 g/mol. The van der Waals surface area contributed by atoms with E-state index in [1.165, 1.54) is 0 Å². The molecule has 34 heavy (non-hydrogen) atoms. The van der Waals surface area contributed by atoms with Crippen LogP contribution in [-0.2, 0) is 52.5 Å². The van der Waals surface area contributed by atoms with Crippen LogP contribution in [0.1, 0.15) is 39.5 Å². The van der Waals surface area contributed by atoms with Crippen LogP contribution < -0.4 is 0 Å². The van der Waals surface area contributed by atoms with Gasteiger partial charge in [-0.2, -0.15) is 0 Å². The highest BCUT2D eigenvalue weighted by Gasteiger charge is 2.78. The molecular weight excluding hydrogens is 452 g/mol. The van der Waals surface area contributed by atoms with Crippen LogP contribution in [0.3, 0.4) is 0 Å². The number of carbonyl (C=O) groups excluding carboxylic acids is 6. The Kier molecular flexibility index (Phi) is 5.97. The van der Waals surface area contributed by atoms with Crippen LogP contribution in [0.5, 0.6) is 0 Å². The van der Waals surface area contributed by atoms with Gasteiger partial charge in [0, 0.05) is 26.2 Å². The van der Waals surface area contributed by atoms with Crippen molar-refractivity contribution in [1.29, 1.82) is 0 Å². The van der Waals surface area contributed by atoms with Crippen LogP contribution in [0, 0.1) is 11.8 Å². The van der Waals surface area contributed by atoms with Gasteiger partial charge in [0.25, 0.3) is 0 Å². The third kappa shape index (κ3) is 3.86. The molecule has 0 unspecified atom stereocenters. The molecule has 0 aliphatic carbocycles. The maximum Gasteiger partial charge on any atom is 0.345 e. The highest BCUT2D eigenvalue weighted by Crippen LogP contribution is 2.54. The van der Waals surface area contributed by atoms with Crippen LogP contribution >= 0.6 is 0 Å². The second-order valence-electron chi connectivity index (χ2n) is 9.51. The molecule has 0 aromatic rings. The number of rotatable bonds is 4. The van der Waals surface area contributed by atoms with E-state index >= 15 is 0 Å². The number of methoxy groups -OCH3 is 1. The highest BCUT2D eigenvalue weighted by atomic mass is 16.7. The third-order valence-corrected chi connectivity index (χ3v) is 7.03. The van der Waals surface area contributed by atoms with Gasteiger partial charge >= 0.3 is 17.9 Å². The number of hydrogen-bond acceptors (Lipinski definition) is 11. The van der Waals surface area contributed by atoms with Crippen molar-refractivity contribution >= 4 is 35.8 Å². The van der Waals surface area contributed by atoms with Crippen molar-refractivity contribution in [2.24, 2.45) is 11.8 Å². The first-order chi connectivity index (χ1) is 16.0. The zero-order valence-corrected chi connectivity index (χ0v) is 19.1. The first-order valence-corrected chi connectivity index (χ1v) is 11.0. The molecule has 8 atom stereocenters. The van der Waals surface area contributed by atoms with Crippen LogP contribution in [0.2, 0.25) is 0 Å². The second-order valence-corrected chi connectivity index (χ2v) is 9.51.